The molecule has 0 bridgehead atoms. The molecule has 0 aromatic carbocycles. The van der Waals surface area contributed by atoms with Crippen LogP contribution < -0.4 is 5.32 Å². The topological polar surface area (TPSA) is 66.5 Å². The first kappa shape index (κ1) is 13.4. The Hall–Kier alpha value is -0.620. The van der Waals surface area contributed by atoms with E-state index in [2.05, 4.69) is 5.32 Å². The van der Waals surface area contributed by atoms with Gasteiger partial charge in [0.15, 0.2) is 0 Å². The average Bonchev–Trinajstić information content (AvgIpc) is 2.65. The summed E-state index contributed by atoms with van der Waals surface area (Å²) in [5.41, 5.74) is 0. The molecule has 2 atom stereocenters. The zero-order valence-corrected chi connectivity index (χ0v) is 10.9. The first-order valence-corrected chi connectivity index (χ1v) is 7.48. The predicted octanol–water partition coefficient (Wildman–Crippen LogP) is 0.325. The fourth-order valence-electron chi connectivity index (χ4n) is 1.84. The Labute approximate surface area is 97.2 Å². The number of hydrogen-bond donors (Lipinski definition) is 1. The molecule has 1 aliphatic rings. The Kier molecular flexibility index (Phi) is 4.32. The molecule has 1 amide bonds. The van der Waals surface area contributed by atoms with E-state index in [1.165, 1.54) is 4.31 Å². The third-order valence-corrected chi connectivity index (χ3v) is 4.22. The van der Waals surface area contributed by atoms with Gasteiger partial charge in [-0.2, -0.15) is 4.31 Å². The van der Waals surface area contributed by atoms with Crippen molar-refractivity contribution < 1.29 is 13.2 Å². The third-order valence-electron chi connectivity index (χ3n) is 2.93. The van der Waals surface area contributed by atoms with Crippen molar-refractivity contribution in [2.75, 3.05) is 12.8 Å². The Bertz CT molecular complexity index is 353. The number of carbonyl (C=O) groups is 1. The summed E-state index contributed by atoms with van der Waals surface area (Å²) in [5, 5.41) is 2.83. The lowest BCUT2D eigenvalue weighted by Gasteiger charge is -2.23. The van der Waals surface area contributed by atoms with E-state index in [1.54, 1.807) is 0 Å². The van der Waals surface area contributed by atoms with E-state index in [9.17, 15) is 13.2 Å². The molecule has 5 nitrogen and oxygen atoms in total. The van der Waals surface area contributed by atoms with E-state index in [0.717, 1.165) is 19.1 Å². The second kappa shape index (κ2) is 5.14. The summed E-state index contributed by atoms with van der Waals surface area (Å²) in [6.07, 6.45) is 3.38. The average molecular weight is 248 g/mol. The van der Waals surface area contributed by atoms with E-state index in [-0.39, 0.29) is 11.9 Å². The van der Waals surface area contributed by atoms with Gasteiger partial charge in [-0.15, -0.1) is 0 Å². The molecule has 1 rings (SSSR count). The molecular weight excluding hydrogens is 228 g/mol. The van der Waals surface area contributed by atoms with Gasteiger partial charge < -0.3 is 5.32 Å². The van der Waals surface area contributed by atoms with E-state index in [1.807, 2.05) is 13.8 Å². The highest BCUT2D eigenvalue weighted by Gasteiger charge is 2.36. The molecule has 0 saturated carbocycles. The number of rotatable bonds is 4. The van der Waals surface area contributed by atoms with Gasteiger partial charge in [-0.05, 0) is 26.2 Å². The molecule has 6 heteroatoms. The van der Waals surface area contributed by atoms with Crippen LogP contribution >= 0.6 is 0 Å². The van der Waals surface area contributed by atoms with Gasteiger partial charge in [-0.3, -0.25) is 4.79 Å². The summed E-state index contributed by atoms with van der Waals surface area (Å²) in [5.74, 6) is -0.169. The molecule has 1 saturated heterocycles. The third kappa shape index (κ3) is 3.18. The quantitative estimate of drug-likeness (QED) is 0.779. The molecular formula is C10H20N2O3S. The number of nitrogens with one attached hydrogen (secondary N) is 1. The molecule has 1 aliphatic heterocycles. The van der Waals surface area contributed by atoms with Crippen LogP contribution in [0.2, 0.25) is 0 Å². The van der Waals surface area contributed by atoms with Crippen LogP contribution in [0, 0.1) is 0 Å². The highest BCUT2D eigenvalue weighted by atomic mass is 32.2. The number of amides is 1. The van der Waals surface area contributed by atoms with Gasteiger partial charge in [-0.25, -0.2) is 8.42 Å². The molecule has 2 unspecified atom stereocenters. The van der Waals surface area contributed by atoms with Gasteiger partial charge in [0.1, 0.15) is 6.04 Å². The molecule has 1 heterocycles. The smallest absolute Gasteiger partial charge is 0.238 e. The van der Waals surface area contributed by atoms with Gasteiger partial charge in [0.05, 0.1) is 6.26 Å². The SMILES string of the molecule is CCC(C)NC(=O)C1CCCN1S(C)(=O)=O. The van der Waals surface area contributed by atoms with Crippen molar-refractivity contribution in [1.29, 1.82) is 0 Å². The minimum absolute atomic E-state index is 0.0921. The van der Waals surface area contributed by atoms with E-state index in [0.29, 0.717) is 13.0 Å². The van der Waals surface area contributed by atoms with Crippen LogP contribution in [0.3, 0.4) is 0 Å². The standard InChI is InChI=1S/C10H20N2O3S/c1-4-8(2)11-10(13)9-6-5-7-12(9)16(3,14)15/h8-9H,4-7H2,1-3H3,(H,11,13). The first-order valence-electron chi connectivity index (χ1n) is 5.63. The van der Waals surface area contributed by atoms with Gasteiger partial charge in [0.2, 0.25) is 15.9 Å². The Morgan fingerprint density at radius 3 is 2.69 bits per heavy atom. The zero-order valence-electron chi connectivity index (χ0n) is 10.1. The van der Waals surface area contributed by atoms with Crippen molar-refractivity contribution in [3.8, 4) is 0 Å². The highest BCUT2D eigenvalue weighted by molar-refractivity contribution is 7.88. The first-order chi connectivity index (χ1) is 7.36. The van der Waals surface area contributed by atoms with Gasteiger partial charge in [-0.1, -0.05) is 6.92 Å². The van der Waals surface area contributed by atoms with Crippen molar-refractivity contribution in [1.82, 2.24) is 9.62 Å². The Morgan fingerprint density at radius 1 is 1.56 bits per heavy atom. The molecule has 0 aromatic rings. The molecule has 94 valence electrons. The number of nitrogens with zero attached hydrogens (tertiary/aromatic N) is 1. The Balaban J connectivity index is 2.69. The minimum atomic E-state index is -3.27. The van der Waals surface area contributed by atoms with Crippen LogP contribution in [0.1, 0.15) is 33.1 Å². The van der Waals surface area contributed by atoms with Crippen molar-refractivity contribution >= 4 is 15.9 Å². The molecule has 1 N–H and O–H groups in total. The lowest BCUT2D eigenvalue weighted by Crippen LogP contribution is -2.47. The zero-order chi connectivity index (χ0) is 12.3. The summed E-state index contributed by atoms with van der Waals surface area (Å²) in [6, 6.07) is -0.418. The monoisotopic (exact) mass is 248 g/mol. The van der Waals surface area contributed by atoms with E-state index >= 15 is 0 Å². The fraction of sp³-hybridized carbons (Fsp3) is 0.900. The summed E-state index contributed by atoms with van der Waals surface area (Å²) in [6.45, 7) is 4.35. The second-order valence-corrected chi connectivity index (χ2v) is 6.28. The van der Waals surface area contributed by atoms with Gasteiger partial charge >= 0.3 is 0 Å². The second-order valence-electron chi connectivity index (χ2n) is 4.35. The van der Waals surface area contributed by atoms with Crippen LogP contribution in [-0.4, -0.2) is 43.5 Å². The van der Waals surface area contributed by atoms with Crippen molar-refractivity contribution in [3.63, 3.8) is 0 Å². The van der Waals surface area contributed by atoms with Crippen molar-refractivity contribution in [2.24, 2.45) is 0 Å². The largest absolute Gasteiger partial charge is 0.352 e. The van der Waals surface area contributed by atoms with Crippen LogP contribution in [-0.2, 0) is 14.8 Å². The van der Waals surface area contributed by atoms with Crippen molar-refractivity contribution in [2.45, 2.75) is 45.2 Å². The van der Waals surface area contributed by atoms with E-state index < -0.39 is 16.1 Å². The number of hydrogen-bond acceptors (Lipinski definition) is 3. The van der Waals surface area contributed by atoms with Crippen LogP contribution in [0.4, 0.5) is 0 Å². The van der Waals surface area contributed by atoms with Crippen molar-refractivity contribution in [3.05, 3.63) is 0 Å². The maximum atomic E-state index is 11.9. The molecule has 0 aliphatic carbocycles. The maximum Gasteiger partial charge on any atom is 0.238 e. The molecule has 1 fully saturated rings. The normalized spacial score (nSPS) is 24.3. The molecule has 0 radical (unpaired) electrons. The van der Waals surface area contributed by atoms with Gasteiger partial charge in [0.25, 0.3) is 0 Å². The van der Waals surface area contributed by atoms with Crippen LogP contribution in [0.25, 0.3) is 0 Å². The van der Waals surface area contributed by atoms with Crippen LogP contribution in [0.15, 0.2) is 0 Å². The lowest BCUT2D eigenvalue weighted by atomic mass is 10.2. The number of sulfonamides is 1. The maximum absolute atomic E-state index is 11.9. The highest BCUT2D eigenvalue weighted by Crippen LogP contribution is 2.20. The van der Waals surface area contributed by atoms with Gasteiger partial charge in [0, 0.05) is 12.6 Å². The molecule has 16 heavy (non-hydrogen) atoms. The number of carbonyl (C=O) groups excluding carboxylic acids is 1. The lowest BCUT2D eigenvalue weighted by molar-refractivity contribution is -0.124. The predicted molar refractivity (Wildman–Crippen MR) is 62.5 cm³/mol. The summed E-state index contributed by atoms with van der Waals surface area (Å²) in [7, 11) is -3.27. The van der Waals surface area contributed by atoms with Crippen LogP contribution in [0.5, 0.6) is 0 Å². The fourth-order valence-corrected chi connectivity index (χ4v) is 2.96. The summed E-state index contributed by atoms with van der Waals surface area (Å²) < 4.78 is 24.2. The summed E-state index contributed by atoms with van der Waals surface area (Å²) >= 11 is 0. The summed E-state index contributed by atoms with van der Waals surface area (Å²) in [4.78, 5) is 11.9. The molecule has 0 aromatic heterocycles. The minimum Gasteiger partial charge on any atom is -0.352 e. The molecule has 0 spiro atoms. The van der Waals surface area contributed by atoms with E-state index in [4.69, 9.17) is 0 Å². The Morgan fingerprint density at radius 2 is 2.19 bits per heavy atom.